The standard InChI is InChI=1S/C15H13NO4/c1-10-9-20-11(2)15(10)14(17)8-5-12-3-6-13(7-4-12)16(18)19/h3-9H,1-2H3/b8-5+. The molecule has 102 valence electrons. The number of furan rings is 1. The second-order valence-electron chi connectivity index (χ2n) is 4.40. The minimum atomic E-state index is -0.461. The van der Waals surface area contributed by atoms with Crippen LogP contribution in [0.1, 0.15) is 27.2 Å². The average Bonchev–Trinajstić information content (AvgIpc) is 2.76. The van der Waals surface area contributed by atoms with Crippen molar-refractivity contribution in [3.05, 3.63) is 69.2 Å². The molecule has 0 radical (unpaired) electrons. The summed E-state index contributed by atoms with van der Waals surface area (Å²) in [5, 5.41) is 10.5. The van der Waals surface area contributed by atoms with Crippen LogP contribution in [0.3, 0.4) is 0 Å². The van der Waals surface area contributed by atoms with E-state index in [1.165, 1.54) is 18.2 Å². The maximum Gasteiger partial charge on any atom is 0.269 e. The van der Waals surface area contributed by atoms with Crippen molar-refractivity contribution in [3.63, 3.8) is 0 Å². The summed E-state index contributed by atoms with van der Waals surface area (Å²) in [5.74, 6) is 0.438. The van der Waals surface area contributed by atoms with E-state index < -0.39 is 4.92 Å². The Bertz CT molecular complexity index is 661. The molecule has 5 nitrogen and oxygen atoms in total. The van der Waals surface area contributed by atoms with E-state index in [2.05, 4.69) is 0 Å². The molecule has 0 amide bonds. The SMILES string of the molecule is Cc1coc(C)c1C(=O)/C=C/c1ccc([N+](=O)[O-])cc1. The summed E-state index contributed by atoms with van der Waals surface area (Å²) >= 11 is 0. The number of nitrogens with zero attached hydrogens (tertiary/aromatic N) is 1. The number of hydrogen-bond donors (Lipinski definition) is 0. The van der Waals surface area contributed by atoms with Crippen LogP contribution in [0.15, 0.2) is 41.0 Å². The number of rotatable bonds is 4. The van der Waals surface area contributed by atoms with E-state index in [1.54, 1.807) is 31.4 Å². The summed E-state index contributed by atoms with van der Waals surface area (Å²) in [6, 6.07) is 5.99. The number of non-ortho nitro benzene ring substituents is 1. The Morgan fingerprint density at radius 1 is 1.25 bits per heavy atom. The fourth-order valence-corrected chi connectivity index (χ4v) is 1.90. The highest BCUT2D eigenvalue weighted by atomic mass is 16.6. The van der Waals surface area contributed by atoms with Gasteiger partial charge in [0.1, 0.15) is 5.76 Å². The molecule has 0 unspecified atom stereocenters. The Kier molecular flexibility index (Phi) is 3.79. The molecule has 20 heavy (non-hydrogen) atoms. The van der Waals surface area contributed by atoms with Crippen LogP contribution in [0.5, 0.6) is 0 Å². The van der Waals surface area contributed by atoms with Crippen LogP contribution in [0, 0.1) is 24.0 Å². The number of ketones is 1. The van der Waals surface area contributed by atoms with Gasteiger partial charge in [0.2, 0.25) is 0 Å². The molecule has 1 aromatic carbocycles. The van der Waals surface area contributed by atoms with Gasteiger partial charge in [0.15, 0.2) is 5.78 Å². The molecular formula is C15H13NO4. The molecule has 0 saturated carbocycles. The number of nitro benzene ring substituents is 1. The number of allylic oxidation sites excluding steroid dienone is 1. The van der Waals surface area contributed by atoms with Gasteiger partial charge in [-0.1, -0.05) is 6.08 Å². The van der Waals surface area contributed by atoms with Crippen LogP contribution < -0.4 is 0 Å². The number of hydrogen-bond acceptors (Lipinski definition) is 4. The lowest BCUT2D eigenvalue weighted by atomic mass is 10.1. The summed E-state index contributed by atoms with van der Waals surface area (Å²) in [4.78, 5) is 22.1. The molecule has 0 bridgehead atoms. The molecule has 0 fully saturated rings. The molecular weight excluding hydrogens is 258 g/mol. The smallest absolute Gasteiger partial charge is 0.269 e. The number of benzene rings is 1. The quantitative estimate of drug-likeness (QED) is 0.368. The van der Waals surface area contributed by atoms with E-state index in [9.17, 15) is 14.9 Å². The minimum Gasteiger partial charge on any atom is -0.469 e. The van der Waals surface area contributed by atoms with Crippen LogP contribution in [-0.2, 0) is 0 Å². The van der Waals surface area contributed by atoms with Gasteiger partial charge in [-0.25, -0.2) is 0 Å². The number of carbonyl (C=O) groups excluding carboxylic acids is 1. The van der Waals surface area contributed by atoms with Gasteiger partial charge in [0.05, 0.1) is 16.7 Å². The highest BCUT2D eigenvalue weighted by Gasteiger charge is 2.12. The topological polar surface area (TPSA) is 73.3 Å². The van der Waals surface area contributed by atoms with Gasteiger partial charge in [-0.2, -0.15) is 0 Å². The van der Waals surface area contributed by atoms with E-state index in [1.807, 2.05) is 6.92 Å². The van der Waals surface area contributed by atoms with Gasteiger partial charge < -0.3 is 4.42 Å². The summed E-state index contributed by atoms with van der Waals surface area (Å²) < 4.78 is 5.18. The first-order chi connectivity index (χ1) is 9.49. The molecule has 5 heteroatoms. The summed E-state index contributed by atoms with van der Waals surface area (Å²) in [6.07, 6.45) is 4.60. The molecule has 0 spiro atoms. The molecule has 0 N–H and O–H groups in total. The molecule has 0 saturated heterocycles. The van der Waals surface area contributed by atoms with Gasteiger partial charge in [-0.3, -0.25) is 14.9 Å². The molecule has 0 aliphatic carbocycles. The lowest BCUT2D eigenvalue weighted by Gasteiger charge is -1.96. The van der Waals surface area contributed by atoms with E-state index in [0.29, 0.717) is 11.3 Å². The van der Waals surface area contributed by atoms with Crippen molar-refractivity contribution in [3.8, 4) is 0 Å². The molecule has 2 aromatic rings. The third-order valence-corrected chi connectivity index (χ3v) is 2.94. The van der Waals surface area contributed by atoms with Crippen molar-refractivity contribution in [2.45, 2.75) is 13.8 Å². The van der Waals surface area contributed by atoms with Crippen molar-refractivity contribution < 1.29 is 14.1 Å². The van der Waals surface area contributed by atoms with Crippen LogP contribution in [-0.4, -0.2) is 10.7 Å². The second-order valence-corrected chi connectivity index (χ2v) is 4.40. The van der Waals surface area contributed by atoms with E-state index in [0.717, 1.165) is 11.1 Å². The Balaban J connectivity index is 2.17. The summed E-state index contributed by atoms with van der Waals surface area (Å²) in [7, 11) is 0. The van der Waals surface area contributed by atoms with Crippen molar-refractivity contribution in [2.24, 2.45) is 0 Å². The van der Waals surface area contributed by atoms with E-state index >= 15 is 0 Å². The predicted octanol–water partition coefficient (Wildman–Crippen LogP) is 3.70. The third kappa shape index (κ3) is 2.83. The zero-order chi connectivity index (χ0) is 14.7. The molecule has 2 rings (SSSR count). The third-order valence-electron chi connectivity index (χ3n) is 2.94. The fourth-order valence-electron chi connectivity index (χ4n) is 1.90. The van der Waals surface area contributed by atoms with Crippen molar-refractivity contribution >= 4 is 17.5 Å². The summed E-state index contributed by atoms with van der Waals surface area (Å²) in [6.45, 7) is 3.55. The van der Waals surface area contributed by atoms with E-state index in [4.69, 9.17) is 4.42 Å². The average molecular weight is 271 g/mol. The number of nitro groups is 1. The lowest BCUT2D eigenvalue weighted by molar-refractivity contribution is -0.384. The molecule has 0 aliphatic heterocycles. The Morgan fingerprint density at radius 3 is 2.40 bits per heavy atom. The zero-order valence-corrected chi connectivity index (χ0v) is 11.1. The Hall–Kier alpha value is -2.69. The monoisotopic (exact) mass is 271 g/mol. The molecule has 0 atom stereocenters. The molecule has 1 aromatic heterocycles. The van der Waals surface area contributed by atoms with Crippen molar-refractivity contribution in [1.82, 2.24) is 0 Å². The first-order valence-corrected chi connectivity index (χ1v) is 6.00. The zero-order valence-electron chi connectivity index (χ0n) is 11.1. The van der Waals surface area contributed by atoms with Gasteiger partial charge in [0.25, 0.3) is 5.69 Å². The highest BCUT2D eigenvalue weighted by Crippen LogP contribution is 2.18. The largest absolute Gasteiger partial charge is 0.469 e. The molecule has 0 aliphatic rings. The highest BCUT2D eigenvalue weighted by molar-refractivity contribution is 6.08. The first-order valence-electron chi connectivity index (χ1n) is 6.00. The van der Waals surface area contributed by atoms with Crippen LogP contribution in [0.25, 0.3) is 6.08 Å². The maximum absolute atomic E-state index is 12.0. The Labute approximate surface area is 115 Å². The maximum atomic E-state index is 12.0. The van der Waals surface area contributed by atoms with Gasteiger partial charge in [0, 0.05) is 12.1 Å². The lowest BCUT2D eigenvalue weighted by Crippen LogP contribution is -1.96. The minimum absolute atomic E-state index is 0.0231. The number of carbonyl (C=O) groups is 1. The van der Waals surface area contributed by atoms with Crippen LogP contribution in [0.4, 0.5) is 5.69 Å². The van der Waals surface area contributed by atoms with E-state index in [-0.39, 0.29) is 11.5 Å². The number of aryl methyl sites for hydroxylation is 2. The fraction of sp³-hybridized carbons (Fsp3) is 0.133. The van der Waals surface area contributed by atoms with Gasteiger partial charge >= 0.3 is 0 Å². The summed E-state index contributed by atoms with van der Waals surface area (Å²) in [5.41, 5.74) is 2.10. The normalized spacial score (nSPS) is 10.9. The van der Waals surface area contributed by atoms with Crippen LogP contribution >= 0.6 is 0 Å². The van der Waals surface area contributed by atoms with Crippen molar-refractivity contribution in [1.29, 1.82) is 0 Å². The second kappa shape index (κ2) is 5.52. The van der Waals surface area contributed by atoms with Crippen molar-refractivity contribution in [2.75, 3.05) is 0 Å². The molecule has 1 heterocycles. The van der Waals surface area contributed by atoms with Crippen LogP contribution in [0.2, 0.25) is 0 Å². The first kappa shape index (κ1) is 13.7. The predicted molar refractivity (Wildman–Crippen MR) is 74.6 cm³/mol. The van der Waals surface area contributed by atoms with Gasteiger partial charge in [-0.05, 0) is 43.2 Å². The Morgan fingerprint density at radius 2 is 1.90 bits per heavy atom. The van der Waals surface area contributed by atoms with Gasteiger partial charge in [-0.15, -0.1) is 0 Å².